The fraction of sp³-hybridized carbons (Fsp3) is 1.00. The molecule has 0 N–H and O–H groups in total. The van der Waals surface area contributed by atoms with Gasteiger partial charge < -0.3 is 0 Å². The van der Waals surface area contributed by atoms with Gasteiger partial charge in [0.1, 0.15) is 0 Å². The summed E-state index contributed by atoms with van der Waals surface area (Å²) in [6.07, 6.45) is 41.2. The van der Waals surface area contributed by atoms with Gasteiger partial charge in [-0.15, -0.1) is 0 Å². The summed E-state index contributed by atoms with van der Waals surface area (Å²) in [6, 6.07) is 0. The summed E-state index contributed by atoms with van der Waals surface area (Å²) in [5.74, 6) is 0. The Morgan fingerprint density at radius 2 is 0.548 bits per heavy atom. The third-order valence-corrected chi connectivity index (χ3v) is 27.8. The molecule has 42 heavy (non-hydrogen) atoms. The number of hydrogen-bond acceptors (Lipinski definition) is 4. The zero-order valence-electron chi connectivity index (χ0n) is 27.3. The van der Waals surface area contributed by atoms with E-state index < -0.39 is 30.3 Å². The fourth-order valence-corrected chi connectivity index (χ4v) is 30.6. The summed E-state index contributed by atoms with van der Waals surface area (Å²) in [7, 11) is -2.26. The van der Waals surface area contributed by atoms with E-state index in [9.17, 15) is 0 Å². The third-order valence-electron chi connectivity index (χ3n) is 12.6. The van der Waals surface area contributed by atoms with Crippen molar-refractivity contribution in [3.05, 3.63) is 0 Å². The normalized spacial score (nSPS) is 28.3. The van der Waals surface area contributed by atoms with Crippen molar-refractivity contribution in [2.45, 2.75) is 228 Å². The molecule has 0 radical (unpaired) electrons. The first-order chi connectivity index (χ1) is 20.8. The van der Waals surface area contributed by atoms with E-state index >= 15 is 0 Å². The average molecular weight is 682 g/mol. The molecule has 6 heteroatoms. The van der Waals surface area contributed by atoms with Gasteiger partial charge in [-0.1, -0.05) is 0 Å². The molecular weight excluding hydrogens is 616 g/mol. The molecule has 6 aliphatic carbocycles. The van der Waals surface area contributed by atoms with Crippen molar-refractivity contribution < 1.29 is 33.0 Å². The van der Waals surface area contributed by atoms with Crippen LogP contribution in [0.15, 0.2) is 0 Å². The summed E-state index contributed by atoms with van der Waals surface area (Å²) in [5, 5.41) is 0. The molecule has 0 amide bonds. The summed E-state index contributed by atoms with van der Waals surface area (Å²) >= 11 is -4.46. The maximum atomic E-state index is 8.43. The van der Waals surface area contributed by atoms with Gasteiger partial charge >= 0.3 is 269 Å². The van der Waals surface area contributed by atoms with Gasteiger partial charge in [-0.3, -0.25) is 0 Å². The van der Waals surface area contributed by atoms with Gasteiger partial charge in [0.05, 0.1) is 0 Å². The van der Waals surface area contributed by atoms with Crippen molar-refractivity contribution in [3.63, 3.8) is 0 Å². The van der Waals surface area contributed by atoms with Gasteiger partial charge in [0.2, 0.25) is 0 Å². The van der Waals surface area contributed by atoms with Gasteiger partial charge in [-0.25, -0.2) is 0 Å². The van der Waals surface area contributed by atoms with Crippen molar-refractivity contribution in [2.75, 3.05) is 0 Å². The van der Waals surface area contributed by atoms with Crippen LogP contribution in [0.5, 0.6) is 0 Å². The summed E-state index contributed by atoms with van der Waals surface area (Å²) < 4.78 is 31.2. The van der Waals surface area contributed by atoms with Crippen molar-refractivity contribution in [1.82, 2.24) is 0 Å². The zero-order chi connectivity index (χ0) is 28.5. The SMILES string of the molecule is C1CCC([O][Zr]([O]C2CCCCC2)([O]C2CCCCC2)[O][Si](C2CCCCC2)(C2CCCCC2)C2CCCCC2)CC1. The minimum atomic E-state index is -4.46. The molecule has 0 aromatic carbocycles. The fourth-order valence-electron chi connectivity index (χ4n) is 10.4. The average Bonchev–Trinajstić information content (AvgIpc) is 3.06. The Morgan fingerprint density at radius 1 is 0.310 bits per heavy atom. The van der Waals surface area contributed by atoms with Crippen molar-refractivity contribution in [3.8, 4) is 0 Å². The molecule has 6 fully saturated rings. The summed E-state index contributed by atoms with van der Waals surface area (Å²) in [4.78, 5) is 0. The molecule has 4 nitrogen and oxygen atoms in total. The quantitative estimate of drug-likeness (QED) is 0.203. The first-order valence-corrected chi connectivity index (χ1v) is 25.6. The van der Waals surface area contributed by atoms with E-state index in [-0.39, 0.29) is 0 Å². The van der Waals surface area contributed by atoms with E-state index in [1.807, 2.05) is 0 Å². The Morgan fingerprint density at radius 3 is 0.810 bits per heavy atom. The third kappa shape index (κ3) is 8.44. The maximum absolute atomic E-state index is 8.43. The van der Waals surface area contributed by atoms with Crippen LogP contribution in [-0.2, 0) is 33.0 Å². The van der Waals surface area contributed by atoms with Crippen LogP contribution < -0.4 is 0 Å². The Labute approximate surface area is 267 Å². The molecule has 0 atom stereocenters. The van der Waals surface area contributed by atoms with Crippen LogP contribution in [0.25, 0.3) is 0 Å². The number of rotatable bonds is 11. The molecule has 0 aromatic rings. The first kappa shape index (κ1) is 32.9. The predicted octanol–water partition coefficient (Wildman–Crippen LogP) is 11.8. The van der Waals surface area contributed by atoms with Crippen molar-refractivity contribution in [2.24, 2.45) is 0 Å². The van der Waals surface area contributed by atoms with Crippen LogP contribution in [0.4, 0.5) is 0 Å². The molecule has 0 unspecified atom stereocenters. The molecule has 0 spiro atoms. The molecule has 6 rings (SSSR count). The van der Waals surface area contributed by atoms with Gasteiger partial charge in [-0.2, -0.15) is 0 Å². The van der Waals surface area contributed by atoms with E-state index in [4.69, 9.17) is 10.9 Å². The van der Waals surface area contributed by atoms with Crippen LogP contribution in [-0.4, -0.2) is 26.6 Å². The van der Waals surface area contributed by atoms with Gasteiger partial charge in [-0.05, 0) is 0 Å². The van der Waals surface area contributed by atoms with E-state index in [0.717, 1.165) is 16.6 Å². The second kappa shape index (κ2) is 16.7. The van der Waals surface area contributed by atoms with Crippen LogP contribution in [0.3, 0.4) is 0 Å². The van der Waals surface area contributed by atoms with Crippen LogP contribution >= 0.6 is 0 Å². The molecule has 0 heterocycles. The molecule has 0 bridgehead atoms. The summed E-state index contributed by atoms with van der Waals surface area (Å²) in [5.41, 5.74) is 2.40. The number of hydrogen-bond donors (Lipinski definition) is 0. The Bertz CT molecular complexity index is 665. The predicted molar refractivity (Wildman–Crippen MR) is 171 cm³/mol. The monoisotopic (exact) mass is 680 g/mol. The van der Waals surface area contributed by atoms with Crippen molar-refractivity contribution in [1.29, 1.82) is 0 Å². The van der Waals surface area contributed by atoms with E-state index in [1.165, 1.54) is 193 Å². The molecule has 242 valence electrons. The first-order valence-electron chi connectivity index (χ1n) is 19.5. The second-order valence-corrected chi connectivity index (χ2v) is 25.7. The molecule has 6 aliphatic rings. The zero-order valence-corrected chi connectivity index (χ0v) is 30.8. The van der Waals surface area contributed by atoms with Crippen LogP contribution in [0.2, 0.25) is 16.6 Å². The second-order valence-electron chi connectivity index (χ2n) is 15.6. The van der Waals surface area contributed by atoms with E-state index in [1.54, 1.807) is 0 Å². The van der Waals surface area contributed by atoms with Gasteiger partial charge in [0.15, 0.2) is 0 Å². The van der Waals surface area contributed by atoms with Crippen LogP contribution in [0.1, 0.15) is 193 Å². The Balaban J connectivity index is 1.42. The molecule has 0 aliphatic heterocycles. The molecule has 0 saturated heterocycles. The standard InChI is InChI=1S/C18H33OSi.3C6H11O.Zr/c19-20(16-10-4-1-5-11-16,17-12-6-2-7-13-17)18-14-8-3-9-15-18;3*7-6-4-2-1-3-5-6;/h16-18H,1-15H2;3*6H,1-5H2;/q4*-1;+4. The minimum absolute atomic E-state index is 0.303. The Kier molecular flexibility index (Phi) is 13.0. The van der Waals surface area contributed by atoms with Gasteiger partial charge in [0.25, 0.3) is 0 Å². The summed E-state index contributed by atoms with van der Waals surface area (Å²) in [6.45, 7) is 0. The molecule has 0 aromatic heterocycles. The van der Waals surface area contributed by atoms with E-state index in [0.29, 0.717) is 18.3 Å². The van der Waals surface area contributed by atoms with Crippen LogP contribution in [0, 0.1) is 0 Å². The topological polar surface area (TPSA) is 36.9 Å². The molecule has 6 saturated carbocycles. The van der Waals surface area contributed by atoms with E-state index in [2.05, 4.69) is 0 Å². The molecular formula is C36H66O4SiZr. The Hall–Kier alpha value is 0.940. The van der Waals surface area contributed by atoms with Gasteiger partial charge in [0, 0.05) is 0 Å². The van der Waals surface area contributed by atoms with Crippen molar-refractivity contribution >= 4 is 8.32 Å².